The number of carbonyl (C=O) groups is 1. The van der Waals surface area contributed by atoms with Crippen LogP contribution in [0.25, 0.3) is 6.08 Å². The number of pyridine rings is 1. The second-order valence-corrected chi connectivity index (χ2v) is 5.94. The minimum Gasteiger partial charge on any atom is -0.303 e. The summed E-state index contributed by atoms with van der Waals surface area (Å²) in [6.45, 7) is 0.374. The van der Waals surface area contributed by atoms with Gasteiger partial charge in [-0.05, 0) is 42.5 Å². The smallest absolute Gasteiger partial charge is 0.251 e. The van der Waals surface area contributed by atoms with E-state index in [4.69, 9.17) is 11.6 Å². The van der Waals surface area contributed by atoms with Crippen LogP contribution in [0.2, 0.25) is 5.02 Å². The first-order chi connectivity index (χ1) is 12.1. The highest BCUT2D eigenvalue weighted by molar-refractivity contribution is 6.30. The highest BCUT2D eigenvalue weighted by atomic mass is 35.5. The normalized spacial score (nSPS) is 11.0. The Kier molecular flexibility index (Phi) is 5.26. The number of aromatic nitrogens is 3. The third-order valence-corrected chi connectivity index (χ3v) is 3.85. The molecule has 0 atom stereocenters. The van der Waals surface area contributed by atoms with Crippen molar-refractivity contribution in [1.82, 2.24) is 14.8 Å². The predicted molar refractivity (Wildman–Crippen MR) is 99.1 cm³/mol. The average molecular weight is 353 g/mol. The Morgan fingerprint density at radius 3 is 2.68 bits per heavy atom. The van der Waals surface area contributed by atoms with Crippen molar-refractivity contribution in [3.63, 3.8) is 0 Å². The van der Waals surface area contributed by atoms with E-state index in [9.17, 15) is 4.79 Å². The number of anilines is 1. The molecule has 5 nitrogen and oxygen atoms in total. The summed E-state index contributed by atoms with van der Waals surface area (Å²) >= 11 is 5.96. The van der Waals surface area contributed by atoms with E-state index in [-0.39, 0.29) is 5.91 Å². The van der Waals surface area contributed by atoms with E-state index in [0.717, 1.165) is 16.9 Å². The van der Waals surface area contributed by atoms with Gasteiger partial charge in [-0.15, -0.1) is 0 Å². The Balaban J connectivity index is 1.85. The zero-order valence-corrected chi connectivity index (χ0v) is 14.5. The summed E-state index contributed by atoms with van der Waals surface area (Å²) in [6.07, 6.45) is 8.54. The van der Waals surface area contributed by atoms with Gasteiger partial charge in [-0.2, -0.15) is 5.10 Å². The van der Waals surface area contributed by atoms with Crippen molar-refractivity contribution >= 4 is 29.3 Å². The van der Waals surface area contributed by atoms with Crippen molar-refractivity contribution in [3.8, 4) is 0 Å². The zero-order chi connectivity index (χ0) is 17.6. The molecular weight excluding hydrogens is 336 g/mol. The summed E-state index contributed by atoms with van der Waals surface area (Å²) in [5.41, 5.74) is 2.43. The van der Waals surface area contributed by atoms with Gasteiger partial charge in [0.15, 0.2) is 0 Å². The number of carbonyl (C=O) groups excluding carboxylic acids is 1. The molecule has 0 fully saturated rings. The maximum Gasteiger partial charge on any atom is 0.251 e. The number of benzene rings is 1. The molecule has 0 bridgehead atoms. The molecule has 0 aliphatic carbocycles. The largest absolute Gasteiger partial charge is 0.303 e. The molecule has 1 amide bonds. The van der Waals surface area contributed by atoms with Gasteiger partial charge in [0.2, 0.25) is 0 Å². The molecule has 0 aliphatic heterocycles. The van der Waals surface area contributed by atoms with E-state index in [0.29, 0.717) is 11.6 Å². The van der Waals surface area contributed by atoms with Crippen molar-refractivity contribution in [1.29, 1.82) is 0 Å². The number of rotatable bonds is 5. The van der Waals surface area contributed by atoms with E-state index in [1.807, 2.05) is 43.6 Å². The molecule has 6 heteroatoms. The van der Waals surface area contributed by atoms with Crippen LogP contribution in [-0.4, -0.2) is 20.7 Å². The summed E-state index contributed by atoms with van der Waals surface area (Å²) in [7, 11) is 1.83. The Hall–Kier alpha value is -2.92. The molecular formula is C19H17ClN4O. The third-order valence-electron chi connectivity index (χ3n) is 3.59. The maximum atomic E-state index is 12.8. The molecule has 0 N–H and O–H groups in total. The van der Waals surface area contributed by atoms with Crippen molar-refractivity contribution < 1.29 is 4.79 Å². The van der Waals surface area contributed by atoms with Gasteiger partial charge in [-0.1, -0.05) is 17.7 Å². The van der Waals surface area contributed by atoms with Gasteiger partial charge in [0.25, 0.3) is 5.91 Å². The van der Waals surface area contributed by atoms with E-state index >= 15 is 0 Å². The summed E-state index contributed by atoms with van der Waals surface area (Å²) in [5, 5.41) is 4.72. The molecule has 0 unspecified atom stereocenters. The number of hydrogen-bond acceptors (Lipinski definition) is 3. The second-order valence-electron chi connectivity index (χ2n) is 5.50. The topological polar surface area (TPSA) is 51.0 Å². The number of nitrogens with zero attached hydrogens (tertiary/aromatic N) is 4. The molecule has 3 aromatic rings. The van der Waals surface area contributed by atoms with Gasteiger partial charge in [0, 0.05) is 41.8 Å². The number of hydrogen-bond donors (Lipinski definition) is 0. The molecule has 25 heavy (non-hydrogen) atoms. The van der Waals surface area contributed by atoms with Crippen molar-refractivity contribution in [2.45, 2.75) is 6.54 Å². The van der Waals surface area contributed by atoms with Gasteiger partial charge in [-0.25, -0.2) is 0 Å². The molecule has 1 aromatic carbocycles. The predicted octanol–water partition coefficient (Wildman–Crippen LogP) is 3.72. The minimum absolute atomic E-state index is 0.142. The average Bonchev–Trinajstić information content (AvgIpc) is 3.05. The fourth-order valence-electron chi connectivity index (χ4n) is 2.35. The number of amides is 1. The quantitative estimate of drug-likeness (QED) is 0.658. The van der Waals surface area contributed by atoms with Crippen LogP contribution in [0.15, 0.2) is 67.1 Å². The summed E-state index contributed by atoms with van der Waals surface area (Å²) in [5.74, 6) is -0.142. The van der Waals surface area contributed by atoms with Crippen LogP contribution in [0.3, 0.4) is 0 Å². The lowest BCUT2D eigenvalue weighted by Crippen LogP contribution is -2.29. The van der Waals surface area contributed by atoms with E-state index in [2.05, 4.69) is 10.1 Å². The summed E-state index contributed by atoms with van der Waals surface area (Å²) < 4.78 is 1.69. The lowest BCUT2D eigenvalue weighted by Gasteiger charge is -2.21. The van der Waals surface area contributed by atoms with Gasteiger partial charge < -0.3 is 4.90 Å². The summed E-state index contributed by atoms with van der Waals surface area (Å²) in [6, 6.07) is 12.8. The van der Waals surface area contributed by atoms with Crippen LogP contribution >= 0.6 is 11.6 Å². The summed E-state index contributed by atoms with van der Waals surface area (Å²) in [4.78, 5) is 18.7. The van der Waals surface area contributed by atoms with Crippen LogP contribution in [0.5, 0.6) is 0 Å². The first-order valence-electron chi connectivity index (χ1n) is 7.75. The van der Waals surface area contributed by atoms with Gasteiger partial charge in [0.1, 0.15) is 0 Å². The van der Waals surface area contributed by atoms with Crippen molar-refractivity contribution in [2.75, 3.05) is 4.90 Å². The molecule has 2 aromatic heterocycles. The molecule has 0 saturated carbocycles. The second kappa shape index (κ2) is 7.77. The van der Waals surface area contributed by atoms with Crippen LogP contribution < -0.4 is 4.90 Å². The lowest BCUT2D eigenvalue weighted by atomic mass is 10.2. The van der Waals surface area contributed by atoms with Crippen LogP contribution in [0.1, 0.15) is 11.3 Å². The van der Waals surface area contributed by atoms with E-state index in [1.165, 1.54) is 6.08 Å². The first-order valence-corrected chi connectivity index (χ1v) is 8.13. The third kappa shape index (κ3) is 4.55. The molecule has 126 valence electrons. The molecule has 0 aliphatic rings. The zero-order valence-electron chi connectivity index (χ0n) is 13.7. The van der Waals surface area contributed by atoms with E-state index in [1.54, 1.807) is 40.2 Å². The molecule has 0 spiro atoms. The SMILES string of the molecule is Cn1cc(C=CC(=O)N(Cc2ccccn2)c2ccc(Cl)cc2)cn1. The fourth-order valence-corrected chi connectivity index (χ4v) is 2.48. The maximum absolute atomic E-state index is 12.8. The molecule has 2 heterocycles. The van der Waals surface area contributed by atoms with Gasteiger partial charge >= 0.3 is 0 Å². The molecule has 0 saturated heterocycles. The standard InChI is InChI=1S/C19H17ClN4O/c1-23-13-15(12-22-23)5-10-19(25)24(14-17-4-2-3-11-21-17)18-8-6-16(20)7-9-18/h2-13H,14H2,1H3. The van der Waals surface area contributed by atoms with Crippen molar-refractivity contribution in [2.24, 2.45) is 7.05 Å². The Morgan fingerprint density at radius 1 is 1.24 bits per heavy atom. The fraction of sp³-hybridized carbons (Fsp3) is 0.105. The van der Waals surface area contributed by atoms with Gasteiger partial charge in [0.05, 0.1) is 18.4 Å². The minimum atomic E-state index is -0.142. The Morgan fingerprint density at radius 2 is 2.04 bits per heavy atom. The molecule has 0 radical (unpaired) electrons. The first kappa shape index (κ1) is 16.9. The monoisotopic (exact) mass is 352 g/mol. The van der Waals surface area contributed by atoms with Gasteiger partial charge in [-0.3, -0.25) is 14.5 Å². The molecule has 3 rings (SSSR count). The Labute approximate surface area is 151 Å². The van der Waals surface area contributed by atoms with Crippen LogP contribution in [0, 0.1) is 0 Å². The lowest BCUT2D eigenvalue weighted by molar-refractivity contribution is -0.114. The van der Waals surface area contributed by atoms with Crippen molar-refractivity contribution in [3.05, 3.63) is 83.4 Å². The number of halogens is 1. The van der Waals surface area contributed by atoms with Crippen LogP contribution in [0.4, 0.5) is 5.69 Å². The Bertz CT molecular complexity index is 872. The number of aryl methyl sites for hydroxylation is 1. The highest BCUT2D eigenvalue weighted by Gasteiger charge is 2.14. The highest BCUT2D eigenvalue weighted by Crippen LogP contribution is 2.20. The van der Waals surface area contributed by atoms with E-state index < -0.39 is 0 Å². The van der Waals surface area contributed by atoms with Crippen LogP contribution in [-0.2, 0) is 18.4 Å².